The topological polar surface area (TPSA) is 50.3 Å². The van der Waals surface area contributed by atoms with Crippen LogP contribution in [0.4, 0.5) is 5.69 Å². The largest absolute Gasteiger partial charge is 0.307 e. The summed E-state index contributed by atoms with van der Waals surface area (Å²) in [5.41, 5.74) is 2.72. The number of carbonyl (C=O) groups excluding carboxylic acids is 2. The minimum Gasteiger partial charge on any atom is -0.307 e. The van der Waals surface area contributed by atoms with Crippen molar-refractivity contribution in [1.82, 2.24) is 4.98 Å². The SMILES string of the molecule is Cc1ccc(C(=O)N2CCC(=O)c3ccccc32)cn1. The predicted molar refractivity (Wildman–Crippen MR) is 76.0 cm³/mol. The smallest absolute Gasteiger partial charge is 0.259 e. The second kappa shape index (κ2) is 4.89. The van der Waals surface area contributed by atoms with Crippen molar-refractivity contribution in [3.05, 3.63) is 59.4 Å². The first kappa shape index (κ1) is 12.5. The number of fused-ring (bicyclic) bond motifs is 1. The van der Waals surface area contributed by atoms with Crippen molar-refractivity contribution in [3.63, 3.8) is 0 Å². The van der Waals surface area contributed by atoms with Crippen LogP contribution >= 0.6 is 0 Å². The number of amides is 1. The Morgan fingerprint density at radius 2 is 2.00 bits per heavy atom. The van der Waals surface area contributed by atoms with Gasteiger partial charge in [-0.1, -0.05) is 12.1 Å². The van der Waals surface area contributed by atoms with E-state index in [0.29, 0.717) is 29.8 Å². The van der Waals surface area contributed by atoms with Gasteiger partial charge in [0, 0.05) is 30.4 Å². The molecule has 0 radical (unpaired) electrons. The average molecular weight is 266 g/mol. The maximum Gasteiger partial charge on any atom is 0.259 e. The molecule has 1 amide bonds. The van der Waals surface area contributed by atoms with Gasteiger partial charge in [0.25, 0.3) is 5.91 Å². The summed E-state index contributed by atoms with van der Waals surface area (Å²) in [7, 11) is 0. The number of rotatable bonds is 1. The molecule has 1 aliphatic heterocycles. The molecule has 4 heteroatoms. The van der Waals surface area contributed by atoms with Crippen molar-refractivity contribution < 1.29 is 9.59 Å². The van der Waals surface area contributed by atoms with Gasteiger partial charge in [0.1, 0.15) is 0 Å². The van der Waals surface area contributed by atoms with Crippen LogP contribution < -0.4 is 4.90 Å². The molecule has 0 saturated carbocycles. The number of hydrogen-bond donors (Lipinski definition) is 0. The third-order valence-corrected chi connectivity index (χ3v) is 3.46. The van der Waals surface area contributed by atoms with Crippen LogP contribution in [0.2, 0.25) is 0 Å². The third-order valence-electron chi connectivity index (χ3n) is 3.46. The molecular weight excluding hydrogens is 252 g/mol. The minimum absolute atomic E-state index is 0.0895. The zero-order chi connectivity index (χ0) is 14.1. The second-order valence-corrected chi connectivity index (χ2v) is 4.84. The van der Waals surface area contributed by atoms with E-state index in [9.17, 15) is 9.59 Å². The van der Waals surface area contributed by atoms with Crippen molar-refractivity contribution in [3.8, 4) is 0 Å². The maximum atomic E-state index is 12.6. The highest BCUT2D eigenvalue weighted by molar-refractivity contribution is 6.13. The van der Waals surface area contributed by atoms with Crippen molar-refractivity contribution in [2.45, 2.75) is 13.3 Å². The van der Waals surface area contributed by atoms with E-state index in [0.717, 1.165) is 5.69 Å². The van der Waals surface area contributed by atoms with Crippen molar-refractivity contribution in [2.75, 3.05) is 11.4 Å². The number of nitrogens with zero attached hydrogens (tertiary/aromatic N) is 2. The quantitative estimate of drug-likeness (QED) is 0.797. The van der Waals surface area contributed by atoms with Gasteiger partial charge >= 0.3 is 0 Å². The number of carbonyl (C=O) groups is 2. The van der Waals surface area contributed by atoms with E-state index in [1.165, 1.54) is 0 Å². The van der Waals surface area contributed by atoms with Crippen LogP contribution in [0.25, 0.3) is 0 Å². The Labute approximate surface area is 117 Å². The Hall–Kier alpha value is -2.49. The zero-order valence-electron chi connectivity index (χ0n) is 11.2. The van der Waals surface area contributed by atoms with Gasteiger partial charge in [0.15, 0.2) is 5.78 Å². The first-order valence-electron chi connectivity index (χ1n) is 6.53. The number of Topliss-reactive ketones (excluding diaryl/α,β-unsaturated/α-hetero) is 1. The van der Waals surface area contributed by atoms with Crippen LogP contribution in [0.1, 0.15) is 32.8 Å². The van der Waals surface area contributed by atoms with Gasteiger partial charge in [-0.3, -0.25) is 14.6 Å². The number of anilines is 1. The molecule has 20 heavy (non-hydrogen) atoms. The predicted octanol–water partition coefficient (Wildman–Crippen LogP) is 2.62. The molecule has 3 rings (SSSR count). The Bertz CT molecular complexity index is 677. The lowest BCUT2D eigenvalue weighted by molar-refractivity contribution is 0.0955. The number of pyridine rings is 1. The van der Waals surface area contributed by atoms with Crippen LogP contribution in [0, 0.1) is 6.92 Å². The fraction of sp³-hybridized carbons (Fsp3) is 0.188. The average Bonchev–Trinajstić information content (AvgIpc) is 2.48. The maximum absolute atomic E-state index is 12.6. The summed E-state index contributed by atoms with van der Waals surface area (Å²) in [5, 5.41) is 0. The van der Waals surface area contributed by atoms with Gasteiger partial charge < -0.3 is 4.90 Å². The first-order valence-corrected chi connectivity index (χ1v) is 6.53. The van der Waals surface area contributed by atoms with Crippen LogP contribution in [0.3, 0.4) is 0 Å². The molecule has 0 unspecified atom stereocenters. The minimum atomic E-state index is -0.113. The molecule has 0 fully saturated rings. The van der Waals surface area contributed by atoms with Crippen molar-refractivity contribution in [1.29, 1.82) is 0 Å². The summed E-state index contributed by atoms with van der Waals surface area (Å²) in [6.07, 6.45) is 1.94. The fourth-order valence-electron chi connectivity index (χ4n) is 2.37. The monoisotopic (exact) mass is 266 g/mol. The molecule has 4 nitrogen and oxygen atoms in total. The summed E-state index contributed by atoms with van der Waals surface area (Å²) in [6, 6.07) is 10.8. The van der Waals surface area contributed by atoms with Crippen molar-refractivity contribution >= 4 is 17.4 Å². The van der Waals surface area contributed by atoms with Crippen LogP contribution in [-0.4, -0.2) is 23.2 Å². The van der Waals surface area contributed by atoms with Gasteiger partial charge in [-0.15, -0.1) is 0 Å². The van der Waals surface area contributed by atoms with Gasteiger partial charge in [-0.2, -0.15) is 0 Å². The lowest BCUT2D eigenvalue weighted by Gasteiger charge is -2.28. The van der Waals surface area contributed by atoms with E-state index in [1.807, 2.05) is 31.2 Å². The zero-order valence-corrected chi connectivity index (χ0v) is 11.2. The van der Waals surface area contributed by atoms with E-state index in [1.54, 1.807) is 23.2 Å². The molecular formula is C16H14N2O2. The fourth-order valence-corrected chi connectivity index (χ4v) is 2.37. The van der Waals surface area contributed by atoms with Crippen molar-refractivity contribution in [2.24, 2.45) is 0 Å². The molecule has 0 saturated heterocycles. The summed E-state index contributed by atoms with van der Waals surface area (Å²) in [6.45, 7) is 2.30. The lowest BCUT2D eigenvalue weighted by Crippen LogP contribution is -2.37. The molecule has 0 spiro atoms. The lowest BCUT2D eigenvalue weighted by atomic mass is 10.00. The molecule has 0 aliphatic carbocycles. The molecule has 0 N–H and O–H groups in total. The number of aryl methyl sites for hydroxylation is 1. The molecule has 0 bridgehead atoms. The Morgan fingerprint density at radius 1 is 1.20 bits per heavy atom. The van der Waals surface area contributed by atoms with E-state index >= 15 is 0 Å². The van der Waals surface area contributed by atoms with Gasteiger partial charge in [0.2, 0.25) is 0 Å². The van der Waals surface area contributed by atoms with Crippen LogP contribution in [0.15, 0.2) is 42.6 Å². The second-order valence-electron chi connectivity index (χ2n) is 4.84. The highest BCUT2D eigenvalue weighted by atomic mass is 16.2. The van der Waals surface area contributed by atoms with E-state index in [2.05, 4.69) is 4.98 Å². The molecule has 2 aromatic rings. The van der Waals surface area contributed by atoms with E-state index in [-0.39, 0.29) is 11.7 Å². The van der Waals surface area contributed by atoms with Gasteiger partial charge in [-0.05, 0) is 31.2 Å². The Kier molecular flexibility index (Phi) is 3.06. The molecule has 1 aliphatic rings. The molecule has 2 heterocycles. The highest BCUT2D eigenvalue weighted by Gasteiger charge is 2.27. The summed E-state index contributed by atoms with van der Waals surface area (Å²) in [4.78, 5) is 30.2. The number of aromatic nitrogens is 1. The van der Waals surface area contributed by atoms with Gasteiger partial charge in [-0.25, -0.2) is 0 Å². The highest BCUT2D eigenvalue weighted by Crippen LogP contribution is 2.27. The van der Waals surface area contributed by atoms with E-state index < -0.39 is 0 Å². The Balaban J connectivity index is 1.99. The molecule has 1 aromatic heterocycles. The Morgan fingerprint density at radius 3 is 2.75 bits per heavy atom. The van der Waals surface area contributed by atoms with Crippen LogP contribution in [-0.2, 0) is 0 Å². The van der Waals surface area contributed by atoms with Gasteiger partial charge in [0.05, 0.1) is 11.3 Å². The summed E-state index contributed by atoms with van der Waals surface area (Å²) >= 11 is 0. The number of hydrogen-bond acceptors (Lipinski definition) is 3. The molecule has 0 atom stereocenters. The normalized spacial score (nSPS) is 14.1. The number of para-hydroxylation sites is 1. The first-order chi connectivity index (χ1) is 9.66. The standard InChI is InChI=1S/C16H14N2O2/c1-11-6-7-12(10-17-11)16(20)18-9-8-15(19)13-4-2-3-5-14(13)18/h2-7,10H,8-9H2,1H3. The number of benzene rings is 1. The molecule has 1 aromatic carbocycles. The summed E-state index contributed by atoms with van der Waals surface area (Å²) in [5.74, 6) is -0.0240. The van der Waals surface area contributed by atoms with Crippen LogP contribution in [0.5, 0.6) is 0 Å². The number of ketones is 1. The third kappa shape index (κ3) is 2.09. The summed E-state index contributed by atoms with van der Waals surface area (Å²) < 4.78 is 0. The molecule has 100 valence electrons. The van der Waals surface area contributed by atoms with E-state index in [4.69, 9.17) is 0 Å².